The van der Waals surface area contributed by atoms with E-state index in [2.05, 4.69) is 5.32 Å². The van der Waals surface area contributed by atoms with Crippen LogP contribution in [0, 0.1) is 0 Å². The van der Waals surface area contributed by atoms with Crippen LogP contribution in [0.4, 0.5) is 5.69 Å². The third-order valence-electron chi connectivity index (χ3n) is 4.01. The number of rotatable bonds is 6. The number of anilines is 1. The van der Waals surface area contributed by atoms with Crippen molar-refractivity contribution in [2.75, 3.05) is 11.6 Å². The Bertz CT molecular complexity index is 947. The second-order valence-corrected chi connectivity index (χ2v) is 9.34. The Labute approximate surface area is 175 Å². The highest BCUT2D eigenvalue weighted by Gasteiger charge is 2.15. The number of carbonyl (C=O) groups excluding carboxylic acids is 1. The lowest BCUT2D eigenvalue weighted by Crippen LogP contribution is -2.13. The van der Waals surface area contributed by atoms with Gasteiger partial charge < -0.3 is 14.4 Å². The van der Waals surface area contributed by atoms with Gasteiger partial charge in [-0.1, -0.05) is 29.8 Å². The molecule has 3 rings (SSSR count). The summed E-state index contributed by atoms with van der Waals surface area (Å²) in [5.74, 6) is 0.0495. The van der Waals surface area contributed by atoms with E-state index in [1.807, 2.05) is 12.1 Å². The van der Waals surface area contributed by atoms with Crippen molar-refractivity contribution in [2.24, 2.45) is 0 Å². The highest BCUT2D eigenvalue weighted by atomic mass is 35.5. The first kappa shape index (κ1) is 20.8. The number of carbonyl (C=O) groups is 1. The standard InChI is InChI=1S/C21H18ClNO3S2/c1-27(25)19-11-9-18(10-12-19)23-21(24)16-3-2-4-20(13-16)28(26)14-15-5-7-17(22)8-6-15/h2-13H,14H2,1H3,(H,23,24). The minimum absolute atomic E-state index is 0.296. The molecule has 0 aliphatic rings. The molecule has 1 N–H and O–H groups in total. The third-order valence-corrected chi connectivity index (χ3v) is 6.58. The molecule has 28 heavy (non-hydrogen) atoms. The molecule has 0 fully saturated rings. The van der Waals surface area contributed by atoms with Gasteiger partial charge in [-0.2, -0.15) is 0 Å². The van der Waals surface area contributed by atoms with E-state index in [0.717, 1.165) is 5.56 Å². The molecule has 0 bridgehead atoms. The summed E-state index contributed by atoms with van der Waals surface area (Å²) < 4.78 is 24.1. The summed E-state index contributed by atoms with van der Waals surface area (Å²) in [4.78, 5) is 13.8. The monoisotopic (exact) mass is 431 g/mol. The zero-order valence-electron chi connectivity index (χ0n) is 15.1. The fourth-order valence-corrected chi connectivity index (χ4v) is 4.32. The van der Waals surface area contributed by atoms with Gasteiger partial charge in [-0.25, -0.2) is 0 Å². The Kier molecular flexibility index (Phi) is 7.04. The number of benzene rings is 3. The summed E-state index contributed by atoms with van der Waals surface area (Å²) in [7, 11) is 0. The second-order valence-electron chi connectivity index (χ2n) is 6.08. The lowest BCUT2D eigenvalue weighted by atomic mass is 10.2. The average molecular weight is 432 g/mol. The molecule has 1 amide bonds. The maximum Gasteiger partial charge on any atom is 0.255 e. The molecule has 0 aliphatic carbocycles. The fraction of sp³-hybridized carbons (Fsp3) is 0.0952. The second kappa shape index (κ2) is 9.49. The zero-order chi connectivity index (χ0) is 20.1. The van der Waals surface area contributed by atoms with Gasteiger partial charge in [0.1, 0.15) is 12.0 Å². The molecule has 0 spiro atoms. The van der Waals surface area contributed by atoms with Crippen LogP contribution >= 0.6 is 11.6 Å². The molecule has 0 aliphatic heterocycles. The first-order valence-corrected chi connectivity index (χ1v) is 11.7. The molecular formula is C21H18ClNO3S2. The molecule has 144 valence electrons. The quantitative estimate of drug-likeness (QED) is 0.578. The zero-order valence-corrected chi connectivity index (χ0v) is 17.4. The Hall–Kier alpha value is -1.96. The van der Waals surface area contributed by atoms with Crippen LogP contribution in [0.5, 0.6) is 0 Å². The summed E-state index contributed by atoms with van der Waals surface area (Å²) in [6, 6.07) is 20.8. The van der Waals surface area contributed by atoms with Gasteiger partial charge >= 0.3 is 0 Å². The molecule has 3 aromatic carbocycles. The molecule has 2 atom stereocenters. The molecular weight excluding hydrogens is 414 g/mol. The molecule has 4 nitrogen and oxygen atoms in total. The summed E-state index contributed by atoms with van der Waals surface area (Å²) in [6.07, 6.45) is 1.60. The van der Waals surface area contributed by atoms with Crippen LogP contribution in [0.2, 0.25) is 5.02 Å². The van der Waals surface area contributed by atoms with Gasteiger partial charge in [0.2, 0.25) is 0 Å². The predicted octanol–water partition coefficient (Wildman–Crippen LogP) is 4.64. The van der Waals surface area contributed by atoms with Gasteiger partial charge in [0.25, 0.3) is 5.91 Å². The van der Waals surface area contributed by atoms with E-state index in [-0.39, 0.29) is 5.91 Å². The van der Waals surface area contributed by atoms with Crippen molar-refractivity contribution in [3.05, 3.63) is 88.9 Å². The van der Waals surface area contributed by atoms with Crippen molar-refractivity contribution in [1.29, 1.82) is 0 Å². The van der Waals surface area contributed by atoms with Crippen LogP contribution in [0.15, 0.2) is 82.6 Å². The minimum atomic E-state index is -1.28. The Morgan fingerprint density at radius 2 is 1.64 bits per heavy atom. The smallest absolute Gasteiger partial charge is 0.255 e. The van der Waals surface area contributed by atoms with E-state index >= 15 is 0 Å². The minimum Gasteiger partial charge on any atom is -0.612 e. The first-order valence-electron chi connectivity index (χ1n) is 8.40. The summed E-state index contributed by atoms with van der Waals surface area (Å²) in [5.41, 5.74) is 1.93. The predicted molar refractivity (Wildman–Crippen MR) is 115 cm³/mol. The van der Waals surface area contributed by atoms with Gasteiger partial charge in [0, 0.05) is 27.9 Å². The number of hydrogen-bond acceptors (Lipinski definition) is 3. The normalized spacial score (nSPS) is 13.0. The lowest BCUT2D eigenvalue weighted by Gasteiger charge is -2.12. The molecule has 0 saturated heterocycles. The largest absolute Gasteiger partial charge is 0.612 e. The lowest BCUT2D eigenvalue weighted by molar-refractivity contribution is 0.102. The first-order chi connectivity index (χ1) is 13.4. The van der Waals surface area contributed by atoms with Crippen molar-refractivity contribution in [3.8, 4) is 0 Å². The molecule has 7 heteroatoms. The highest BCUT2D eigenvalue weighted by molar-refractivity contribution is 7.91. The van der Waals surface area contributed by atoms with Crippen molar-refractivity contribution in [2.45, 2.75) is 15.5 Å². The van der Waals surface area contributed by atoms with E-state index in [4.69, 9.17) is 11.6 Å². The van der Waals surface area contributed by atoms with Gasteiger partial charge in [0.15, 0.2) is 9.79 Å². The van der Waals surface area contributed by atoms with Crippen molar-refractivity contribution in [3.63, 3.8) is 0 Å². The van der Waals surface area contributed by atoms with Crippen LogP contribution in [0.25, 0.3) is 0 Å². The molecule has 2 unspecified atom stereocenters. The highest BCUT2D eigenvalue weighted by Crippen LogP contribution is 2.20. The van der Waals surface area contributed by atoms with Gasteiger partial charge in [-0.15, -0.1) is 0 Å². The molecule has 3 aromatic rings. The SMILES string of the molecule is C[S+]([O-])c1ccc(NC(=O)c2cccc([S+]([O-])Cc3ccc(Cl)cc3)c2)cc1. The topological polar surface area (TPSA) is 75.2 Å². The maximum absolute atomic E-state index is 12.7. The van der Waals surface area contributed by atoms with E-state index in [0.29, 0.717) is 31.8 Å². The van der Waals surface area contributed by atoms with Crippen LogP contribution in [0.1, 0.15) is 15.9 Å². The maximum atomic E-state index is 12.7. The molecule has 0 aromatic heterocycles. The molecule has 0 heterocycles. The van der Waals surface area contributed by atoms with E-state index in [1.165, 1.54) is 0 Å². The van der Waals surface area contributed by atoms with Crippen LogP contribution in [-0.2, 0) is 28.1 Å². The number of nitrogens with one attached hydrogen (secondary N) is 1. The fourth-order valence-electron chi connectivity index (χ4n) is 2.53. The molecule has 0 radical (unpaired) electrons. The number of hydrogen-bond donors (Lipinski definition) is 1. The summed E-state index contributed by atoms with van der Waals surface area (Å²) >= 11 is 3.53. The van der Waals surface area contributed by atoms with Crippen LogP contribution < -0.4 is 5.32 Å². The van der Waals surface area contributed by atoms with Crippen LogP contribution in [-0.4, -0.2) is 21.3 Å². The van der Waals surface area contributed by atoms with Crippen molar-refractivity contribution < 1.29 is 13.9 Å². The molecule has 0 saturated carbocycles. The summed E-state index contributed by atoms with van der Waals surface area (Å²) in [6.45, 7) is 0. The average Bonchev–Trinajstić information content (AvgIpc) is 2.70. The Morgan fingerprint density at radius 1 is 0.964 bits per heavy atom. The Balaban J connectivity index is 1.69. The third kappa shape index (κ3) is 5.53. The Morgan fingerprint density at radius 3 is 2.29 bits per heavy atom. The van der Waals surface area contributed by atoms with Gasteiger partial charge in [-0.05, 0) is 70.9 Å². The van der Waals surface area contributed by atoms with Gasteiger partial charge in [0.05, 0.1) is 0 Å². The van der Waals surface area contributed by atoms with Crippen molar-refractivity contribution in [1.82, 2.24) is 0 Å². The number of amides is 1. The van der Waals surface area contributed by atoms with E-state index in [1.54, 1.807) is 66.9 Å². The van der Waals surface area contributed by atoms with Crippen molar-refractivity contribution >= 4 is 45.5 Å². The van der Waals surface area contributed by atoms with Gasteiger partial charge in [-0.3, -0.25) is 4.79 Å². The number of halogens is 1. The summed E-state index contributed by atoms with van der Waals surface area (Å²) in [5, 5.41) is 3.43. The van der Waals surface area contributed by atoms with Crippen LogP contribution in [0.3, 0.4) is 0 Å². The van der Waals surface area contributed by atoms with E-state index in [9.17, 15) is 13.9 Å². The van der Waals surface area contributed by atoms with E-state index < -0.39 is 22.4 Å².